The van der Waals surface area contributed by atoms with Crippen molar-refractivity contribution in [3.05, 3.63) is 0 Å². The highest BCUT2D eigenvalue weighted by molar-refractivity contribution is 4.96. The molecule has 0 saturated carbocycles. The zero-order valence-corrected chi connectivity index (χ0v) is 26.5. The van der Waals surface area contributed by atoms with E-state index in [0.717, 1.165) is 25.7 Å². The zero-order valence-electron chi connectivity index (χ0n) is 26.5. The van der Waals surface area contributed by atoms with E-state index in [4.69, 9.17) is 28.4 Å². The van der Waals surface area contributed by atoms with Gasteiger partial charge < -0.3 is 79.5 Å². The largest absolute Gasteiger partial charge is 0.394 e. The summed E-state index contributed by atoms with van der Waals surface area (Å²) in [5, 5.41) is 103. The number of aliphatic hydroxyl groups is 10. The molecule has 16 nitrogen and oxygen atoms in total. The highest BCUT2D eigenvalue weighted by Crippen LogP contribution is 2.32. The normalized spacial score (nSPS) is 41.9. The van der Waals surface area contributed by atoms with Crippen LogP contribution in [0.25, 0.3) is 0 Å². The molecule has 3 aliphatic rings. The van der Waals surface area contributed by atoms with Crippen LogP contribution in [0.3, 0.4) is 0 Å². The number of aliphatic hydroxyl groups excluding tert-OH is 10. The van der Waals surface area contributed by atoms with Gasteiger partial charge >= 0.3 is 0 Å². The van der Waals surface area contributed by atoms with Gasteiger partial charge in [0, 0.05) is 6.61 Å². The van der Waals surface area contributed by atoms with Gasteiger partial charge in [-0.1, -0.05) is 64.7 Å². The van der Waals surface area contributed by atoms with Crippen LogP contribution in [0.2, 0.25) is 0 Å². The SMILES string of the molecule is CCCCCCCCCCCCOC1O[C@@H](CO)[C@H](OC2O[C@H](CO)[C@@H](OC3O[C@H](CO)[C@@H](O)[C@H](O)[C@H]3O)[C@H](O)[C@H]2O)[C@@H](O)[C@@H]1O. The first-order valence-corrected chi connectivity index (χ1v) is 16.6. The zero-order chi connectivity index (χ0) is 33.8. The average molecular weight is 673 g/mol. The Morgan fingerprint density at radius 2 is 0.826 bits per heavy atom. The lowest BCUT2D eigenvalue weighted by molar-refractivity contribution is -0.379. The summed E-state index contributed by atoms with van der Waals surface area (Å²) in [7, 11) is 0. The molecule has 0 aromatic rings. The van der Waals surface area contributed by atoms with Crippen LogP contribution in [0, 0.1) is 0 Å². The number of unbranched alkanes of at least 4 members (excludes halogenated alkanes) is 9. The van der Waals surface area contributed by atoms with Crippen molar-refractivity contribution in [2.75, 3.05) is 26.4 Å². The standard InChI is InChI=1S/C30H56O16/c1-2-3-4-5-6-7-8-9-10-11-12-41-28-24(39)21(36)26(17(14-32)43-28)46-30-25(40)22(37)27(18(15-33)44-30)45-29-23(38)20(35)19(34)16(13-31)42-29/h16-40H,2-15H2,1H3/t16-,17+,18-,19-,20+,21+,22-,23-,24+,25-,26+,27-,28?,29?,30?/m1/s1. The summed E-state index contributed by atoms with van der Waals surface area (Å²) in [4.78, 5) is 0. The van der Waals surface area contributed by atoms with E-state index in [0.29, 0.717) is 0 Å². The maximum atomic E-state index is 10.9. The summed E-state index contributed by atoms with van der Waals surface area (Å²) in [5.74, 6) is 0. The van der Waals surface area contributed by atoms with E-state index in [1.54, 1.807) is 0 Å². The summed E-state index contributed by atoms with van der Waals surface area (Å²) >= 11 is 0. The van der Waals surface area contributed by atoms with Crippen molar-refractivity contribution in [2.24, 2.45) is 0 Å². The molecular weight excluding hydrogens is 616 g/mol. The van der Waals surface area contributed by atoms with Crippen LogP contribution in [0.15, 0.2) is 0 Å². The molecular formula is C30H56O16. The lowest BCUT2D eigenvalue weighted by Crippen LogP contribution is -2.66. The smallest absolute Gasteiger partial charge is 0.187 e. The minimum atomic E-state index is -1.88. The molecule has 3 heterocycles. The number of hydrogen-bond acceptors (Lipinski definition) is 16. The summed E-state index contributed by atoms with van der Waals surface area (Å²) in [6.45, 7) is 0.270. The van der Waals surface area contributed by atoms with Crippen LogP contribution < -0.4 is 0 Å². The fourth-order valence-corrected chi connectivity index (χ4v) is 5.97. The molecule has 0 bridgehead atoms. The summed E-state index contributed by atoms with van der Waals surface area (Å²) < 4.78 is 33.4. The molecule has 3 rings (SSSR count). The van der Waals surface area contributed by atoms with Crippen molar-refractivity contribution in [1.29, 1.82) is 0 Å². The minimum absolute atomic E-state index is 0.263. The van der Waals surface area contributed by atoms with Gasteiger partial charge in [-0.2, -0.15) is 0 Å². The predicted molar refractivity (Wildman–Crippen MR) is 157 cm³/mol. The molecule has 0 aromatic heterocycles. The van der Waals surface area contributed by atoms with Gasteiger partial charge in [-0.3, -0.25) is 0 Å². The minimum Gasteiger partial charge on any atom is -0.394 e. The molecule has 0 aromatic carbocycles. The Balaban J connectivity index is 1.50. The maximum absolute atomic E-state index is 10.9. The van der Waals surface area contributed by atoms with Crippen molar-refractivity contribution in [2.45, 2.75) is 163 Å². The Bertz CT molecular complexity index is 820. The second-order valence-corrected chi connectivity index (χ2v) is 12.4. The third kappa shape index (κ3) is 10.4. The van der Waals surface area contributed by atoms with E-state index in [1.807, 2.05) is 0 Å². The molecule has 46 heavy (non-hydrogen) atoms. The monoisotopic (exact) mass is 672 g/mol. The van der Waals surface area contributed by atoms with Gasteiger partial charge in [-0.05, 0) is 6.42 Å². The molecule has 10 N–H and O–H groups in total. The maximum Gasteiger partial charge on any atom is 0.187 e. The average Bonchev–Trinajstić information content (AvgIpc) is 3.06. The molecule has 3 fully saturated rings. The molecule has 0 aliphatic carbocycles. The lowest BCUT2D eigenvalue weighted by Gasteiger charge is -2.48. The third-order valence-corrected chi connectivity index (χ3v) is 8.85. The van der Waals surface area contributed by atoms with Crippen molar-refractivity contribution in [3.8, 4) is 0 Å². The van der Waals surface area contributed by atoms with Gasteiger partial charge in [0.25, 0.3) is 0 Å². The quantitative estimate of drug-likeness (QED) is 0.0630. The Morgan fingerprint density at radius 3 is 1.30 bits per heavy atom. The predicted octanol–water partition coefficient (Wildman–Crippen LogP) is -2.63. The van der Waals surface area contributed by atoms with E-state index in [9.17, 15) is 51.1 Å². The topological polar surface area (TPSA) is 258 Å². The fourth-order valence-electron chi connectivity index (χ4n) is 5.97. The summed E-state index contributed by atoms with van der Waals surface area (Å²) in [5.41, 5.74) is 0. The highest BCUT2D eigenvalue weighted by Gasteiger charge is 2.53. The summed E-state index contributed by atoms with van der Waals surface area (Å²) in [6, 6.07) is 0. The van der Waals surface area contributed by atoms with E-state index in [2.05, 4.69) is 6.92 Å². The first-order valence-electron chi connectivity index (χ1n) is 16.6. The molecule has 0 amide bonds. The van der Waals surface area contributed by atoms with Gasteiger partial charge in [0.15, 0.2) is 18.9 Å². The molecule has 272 valence electrons. The van der Waals surface area contributed by atoms with Crippen LogP contribution in [0.4, 0.5) is 0 Å². The Hall–Kier alpha value is -0.640. The van der Waals surface area contributed by atoms with Crippen molar-refractivity contribution in [1.82, 2.24) is 0 Å². The van der Waals surface area contributed by atoms with Crippen LogP contribution in [0.5, 0.6) is 0 Å². The van der Waals surface area contributed by atoms with E-state index >= 15 is 0 Å². The van der Waals surface area contributed by atoms with Gasteiger partial charge in [0.1, 0.15) is 73.2 Å². The van der Waals surface area contributed by atoms with Crippen molar-refractivity contribution >= 4 is 0 Å². The number of rotatable bonds is 19. The second-order valence-electron chi connectivity index (χ2n) is 12.4. The Labute approximate surface area is 269 Å². The van der Waals surface area contributed by atoms with Gasteiger partial charge in [0.2, 0.25) is 0 Å². The Morgan fingerprint density at radius 1 is 0.435 bits per heavy atom. The lowest BCUT2D eigenvalue weighted by atomic mass is 9.96. The van der Waals surface area contributed by atoms with Gasteiger partial charge in [-0.15, -0.1) is 0 Å². The molecule has 3 saturated heterocycles. The van der Waals surface area contributed by atoms with Gasteiger partial charge in [-0.25, -0.2) is 0 Å². The van der Waals surface area contributed by atoms with Crippen molar-refractivity contribution < 1.29 is 79.5 Å². The van der Waals surface area contributed by atoms with Crippen LogP contribution >= 0.6 is 0 Å². The molecule has 16 heteroatoms. The summed E-state index contributed by atoms with van der Waals surface area (Å²) in [6.07, 6.45) is -12.5. The number of hydrogen-bond donors (Lipinski definition) is 10. The van der Waals surface area contributed by atoms with E-state index in [-0.39, 0.29) is 6.61 Å². The van der Waals surface area contributed by atoms with E-state index < -0.39 is 112 Å². The number of ether oxygens (including phenoxy) is 6. The molecule has 3 aliphatic heterocycles. The second kappa shape index (κ2) is 20.1. The van der Waals surface area contributed by atoms with E-state index in [1.165, 1.54) is 38.5 Å². The fraction of sp³-hybridized carbons (Fsp3) is 1.00. The third-order valence-electron chi connectivity index (χ3n) is 8.85. The first-order chi connectivity index (χ1) is 22.1. The van der Waals surface area contributed by atoms with Crippen LogP contribution in [0.1, 0.15) is 71.1 Å². The molecule has 0 spiro atoms. The molecule has 0 radical (unpaired) electrons. The highest BCUT2D eigenvalue weighted by atomic mass is 16.8. The van der Waals surface area contributed by atoms with Gasteiger partial charge in [0.05, 0.1) is 19.8 Å². The van der Waals surface area contributed by atoms with Crippen LogP contribution in [-0.4, -0.2) is 170 Å². The van der Waals surface area contributed by atoms with Crippen LogP contribution in [-0.2, 0) is 28.4 Å². The molecule has 15 atom stereocenters. The molecule has 3 unspecified atom stereocenters. The van der Waals surface area contributed by atoms with Crippen molar-refractivity contribution in [3.63, 3.8) is 0 Å². The first kappa shape index (κ1) is 39.8. The Kier molecular flexibility index (Phi) is 17.4.